The summed E-state index contributed by atoms with van der Waals surface area (Å²) in [6, 6.07) is 10.0. The van der Waals surface area contributed by atoms with E-state index in [0.29, 0.717) is 32.2 Å². The summed E-state index contributed by atoms with van der Waals surface area (Å²) in [6.45, 7) is 5.69. The number of thiazole rings is 1. The zero-order valence-electron chi connectivity index (χ0n) is 20.6. The number of nitrogens with zero attached hydrogens (tertiary/aromatic N) is 3. The fourth-order valence-corrected chi connectivity index (χ4v) is 5.91. The van der Waals surface area contributed by atoms with Crippen LogP contribution in [0.2, 0.25) is 0 Å². The van der Waals surface area contributed by atoms with Gasteiger partial charge in [-0.1, -0.05) is 19.3 Å². The highest BCUT2D eigenvalue weighted by Crippen LogP contribution is 2.34. The Hall–Kier alpha value is -2.68. The van der Waals surface area contributed by atoms with Crippen molar-refractivity contribution in [2.75, 3.05) is 33.4 Å². The molecule has 0 atom stereocenters. The molecule has 2 aromatic heterocycles. The number of carbonyl (C=O) groups is 1. The minimum atomic E-state index is -0.0568. The Morgan fingerprint density at radius 1 is 1.17 bits per heavy atom. The van der Waals surface area contributed by atoms with Crippen molar-refractivity contribution >= 4 is 17.2 Å². The highest BCUT2D eigenvalue weighted by Gasteiger charge is 2.24. The van der Waals surface area contributed by atoms with Crippen LogP contribution in [0.5, 0.6) is 5.75 Å². The van der Waals surface area contributed by atoms with Gasteiger partial charge in [0.1, 0.15) is 10.8 Å². The van der Waals surface area contributed by atoms with Crippen LogP contribution in [0.1, 0.15) is 48.2 Å². The Balaban J connectivity index is 1.45. The Bertz CT molecular complexity index is 1140. The van der Waals surface area contributed by atoms with Crippen LogP contribution in [0.3, 0.4) is 0 Å². The lowest BCUT2D eigenvalue weighted by Crippen LogP contribution is -2.48. The molecule has 5 rings (SSSR count). The average molecular weight is 495 g/mol. The highest BCUT2D eigenvalue weighted by atomic mass is 32.1. The smallest absolute Gasteiger partial charge is 0.267 e. The molecule has 3 aromatic rings. The van der Waals surface area contributed by atoms with Crippen molar-refractivity contribution in [3.63, 3.8) is 0 Å². The summed E-state index contributed by atoms with van der Waals surface area (Å²) in [7, 11) is 1.67. The molecule has 1 aliphatic heterocycles. The number of methoxy groups -OCH3 is 1. The summed E-state index contributed by atoms with van der Waals surface area (Å²) in [5.41, 5.74) is 7.83. The van der Waals surface area contributed by atoms with Gasteiger partial charge in [-0.3, -0.25) is 10.2 Å². The lowest BCUT2D eigenvalue weighted by atomic mass is 9.89. The fourth-order valence-electron chi connectivity index (χ4n) is 5.09. The molecule has 2 aliphatic rings. The molecule has 186 valence electrons. The number of ether oxygens (including phenoxy) is 2. The molecular weight excluding hydrogens is 460 g/mol. The first-order chi connectivity index (χ1) is 17.1. The monoisotopic (exact) mass is 494 g/mol. The number of hydrogen-bond donors (Lipinski definition) is 1. The first-order valence-corrected chi connectivity index (χ1v) is 13.4. The molecule has 1 N–H and O–H groups in total. The van der Waals surface area contributed by atoms with E-state index >= 15 is 0 Å². The van der Waals surface area contributed by atoms with Crippen molar-refractivity contribution in [3.05, 3.63) is 47.0 Å². The number of rotatable bonds is 7. The predicted molar refractivity (Wildman–Crippen MR) is 139 cm³/mol. The van der Waals surface area contributed by atoms with Crippen molar-refractivity contribution in [2.24, 2.45) is 5.92 Å². The molecule has 1 saturated heterocycles. The van der Waals surface area contributed by atoms with Gasteiger partial charge in [-0.25, -0.2) is 9.99 Å². The van der Waals surface area contributed by atoms with E-state index < -0.39 is 0 Å². The maximum Gasteiger partial charge on any atom is 0.267 e. The minimum absolute atomic E-state index is 0.0568. The molecule has 1 saturated carbocycles. The van der Waals surface area contributed by atoms with Crippen LogP contribution >= 0.6 is 11.3 Å². The largest absolute Gasteiger partial charge is 0.497 e. The first kappa shape index (κ1) is 24.0. The Kier molecular flexibility index (Phi) is 7.51. The van der Waals surface area contributed by atoms with E-state index in [0.717, 1.165) is 45.5 Å². The van der Waals surface area contributed by atoms with Crippen LogP contribution in [-0.4, -0.2) is 53.9 Å². The van der Waals surface area contributed by atoms with Gasteiger partial charge in [0, 0.05) is 36.3 Å². The SMILES string of the molecule is COc1ccc(-c2nc(-c3cc(C(=O)NN4CCOCC4)c(C)n3CC3CCCCC3)cs2)cc1. The van der Waals surface area contributed by atoms with Gasteiger partial charge in [-0.05, 0) is 56.0 Å². The third-order valence-corrected chi connectivity index (χ3v) is 8.04. The molecule has 0 bridgehead atoms. The number of nitrogens with one attached hydrogen (secondary N) is 1. The Morgan fingerprint density at radius 3 is 2.63 bits per heavy atom. The summed E-state index contributed by atoms with van der Waals surface area (Å²) < 4.78 is 13.0. The molecule has 8 heteroatoms. The van der Waals surface area contributed by atoms with Gasteiger partial charge in [-0.2, -0.15) is 0 Å². The number of benzene rings is 1. The molecule has 0 spiro atoms. The molecule has 1 aliphatic carbocycles. The molecule has 3 heterocycles. The van der Waals surface area contributed by atoms with Gasteiger partial charge in [0.15, 0.2) is 0 Å². The van der Waals surface area contributed by atoms with Crippen LogP contribution in [0, 0.1) is 12.8 Å². The zero-order valence-corrected chi connectivity index (χ0v) is 21.4. The molecular formula is C27H34N4O3S. The standard InChI is InChI=1S/C27H34N4O3S/c1-19-23(26(32)29-30-12-14-34-15-13-30)16-25(31(19)17-20-6-4-3-5-7-20)24-18-35-27(28-24)21-8-10-22(33-2)11-9-21/h8-11,16,18,20H,3-7,12-15,17H2,1-2H3,(H,29,32). The first-order valence-electron chi connectivity index (χ1n) is 12.6. The van der Waals surface area contributed by atoms with Crippen LogP contribution < -0.4 is 10.2 Å². The second-order valence-electron chi connectivity index (χ2n) is 9.45. The van der Waals surface area contributed by atoms with Gasteiger partial charge in [0.2, 0.25) is 0 Å². The van der Waals surface area contributed by atoms with E-state index in [1.807, 2.05) is 35.3 Å². The van der Waals surface area contributed by atoms with Gasteiger partial charge in [-0.15, -0.1) is 11.3 Å². The summed E-state index contributed by atoms with van der Waals surface area (Å²) in [5.74, 6) is 1.42. The maximum atomic E-state index is 13.3. The summed E-state index contributed by atoms with van der Waals surface area (Å²) in [4.78, 5) is 18.3. The molecule has 0 radical (unpaired) electrons. The lowest BCUT2D eigenvalue weighted by Gasteiger charge is -2.27. The topological polar surface area (TPSA) is 68.6 Å². The molecule has 1 aromatic carbocycles. The van der Waals surface area contributed by atoms with Crippen molar-refractivity contribution in [3.8, 4) is 27.7 Å². The molecule has 35 heavy (non-hydrogen) atoms. The molecule has 0 unspecified atom stereocenters. The van der Waals surface area contributed by atoms with Crippen LogP contribution in [0.15, 0.2) is 35.7 Å². The fraction of sp³-hybridized carbons (Fsp3) is 0.481. The predicted octanol–water partition coefficient (Wildman–Crippen LogP) is 5.15. The molecule has 2 fully saturated rings. The quantitative estimate of drug-likeness (QED) is 0.492. The summed E-state index contributed by atoms with van der Waals surface area (Å²) in [6.07, 6.45) is 6.42. The van der Waals surface area contributed by atoms with Crippen molar-refractivity contribution < 1.29 is 14.3 Å². The average Bonchev–Trinajstić information content (AvgIpc) is 3.51. The maximum absolute atomic E-state index is 13.3. The van der Waals surface area contributed by atoms with Crippen molar-refractivity contribution in [2.45, 2.75) is 45.6 Å². The van der Waals surface area contributed by atoms with Gasteiger partial charge in [0.05, 0.1) is 37.3 Å². The van der Waals surface area contributed by atoms with Gasteiger partial charge in [0.25, 0.3) is 5.91 Å². The van der Waals surface area contributed by atoms with E-state index in [9.17, 15) is 4.79 Å². The Labute approximate surface area is 211 Å². The van der Waals surface area contributed by atoms with Gasteiger partial charge < -0.3 is 14.0 Å². The Morgan fingerprint density at radius 2 is 1.91 bits per heavy atom. The van der Waals surface area contributed by atoms with Gasteiger partial charge >= 0.3 is 0 Å². The number of aromatic nitrogens is 2. The third-order valence-electron chi connectivity index (χ3n) is 7.15. The minimum Gasteiger partial charge on any atom is -0.497 e. The number of hydrazine groups is 1. The summed E-state index contributed by atoms with van der Waals surface area (Å²) in [5, 5.41) is 5.02. The van der Waals surface area contributed by atoms with E-state index in [1.54, 1.807) is 18.4 Å². The lowest BCUT2D eigenvalue weighted by molar-refractivity contribution is 0.0126. The second kappa shape index (κ2) is 10.9. The van der Waals surface area contributed by atoms with Crippen LogP contribution in [0.25, 0.3) is 22.0 Å². The summed E-state index contributed by atoms with van der Waals surface area (Å²) >= 11 is 1.63. The normalized spacial score (nSPS) is 17.4. The molecule has 1 amide bonds. The van der Waals surface area contributed by atoms with E-state index in [1.165, 1.54) is 32.1 Å². The van der Waals surface area contributed by atoms with E-state index in [-0.39, 0.29) is 5.91 Å². The number of morpholine rings is 1. The third kappa shape index (κ3) is 5.44. The van der Waals surface area contributed by atoms with Crippen LogP contribution in [0.4, 0.5) is 0 Å². The van der Waals surface area contributed by atoms with E-state index in [2.05, 4.69) is 22.3 Å². The van der Waals surface area contributed by atoms with Crippen molar-refractivity contribution in [1.82, 2.24) is 20.0 Å². The number of amides is 1. The highest BCUT2D eigenvalue weighted by molar-refractivity contribution is 7.13. The molecule has 7 nitrogen and oxygen atoms in total. The second-order valence-corrected chi connectivity index (χ2v) is 10.3. The number of hydrogen-bond acceptors (Lipinski definition) is 6. The van der Waals surface area contributed by atoms with Crippen LogP contribution in [-0.2, 0) is 11.3 Å². The van der Waals surface area contributed by atoms with Crippen molar-refractivity contribution in [1.29, 1.82) is 0 Å². The zero-order chi connectivity index (χ0) is 24.2. The number of carbonyl (C=O) groups excluding carboxylic acids is 1. The van der Waals surface area contributed by atoms with E-state index in [4.69, 9.17) is 14.5 Å².